The first kappa shape index (κ1) is 11.0. The maximum absolute atomic E-state index is 11.6. The molecule has 3 nitrogen and oxygen atoms in total. The zero-order chi connectivity index (χ0) is 11.5. The Balaban J connectivity index is 1.87. The van der Waals surface area contributed by atoms with Crippen LogP contribution >= 0.6 is 0 Å². The summed E-state index contributed by atoms with van der Waals surface area (Å²) in [6, 6.07) is 8.10. The van der Waals surface area contributed by atoms with Crippen LogP contribution < -0.4 is 10.1 Å². The van der Waals surface area contributed by atoms with E-state index in [-0.39, 0.29) is 5.91 Å². The highest BCUT2D eigenvalue weighted by Gasteiger charge is 2.26. The molecule has 0 spiro atoms. The average molecular weight is 219 g/mol. The predicted octanol–water partition coefficient (Wildman–Crippen LogP) is 2.04. The Morgan fingerprint density at radius 2 is 2.00 bits per heavy atom. The molecule has 0 radical (unpaired) electrons. The molecular weight excluding hydrogens is 202 g/mol. The van der Waals surface area contributed by atoms with E-state index in [0.717, 1.165) is 18.6 Å². The van der Waals surface area contributed by atoms with Gasteiger partial charge in [0.2, 0.25) is 0 Å². The molecule has 86 valence electrons. The van der Waals surface area contributed by atoms with E-state index in [4.69, 9.17) is 4.74 Å². The molecule has 1 aromatic rings. The van der Waals surface area contributed by atoms with E-state index in [1.165, 1.54) is 5.56 Å². The minimum atomic E-state index is -0.427. The lowest BCUT2D eigenvalue weighted by Crippen LogP contribution is -2.37. The van der Waals surface area contributed by atoms with Gasteiger partial charge in [-0.15, -0.1) is 0 Å². The predicted molar refractivity (Wildman–Crippen MR) is 62.4 cm³/mol. The van der Waals surface area contributed by atoms with Crippen molar-refractivity contribution in [3.63, 3.8) is 0 Å². The van der Waals surface area contributed by atoms with Gasteiger partial charge >= 0.3 is 0 Å². The maximum atomic E-state index is 11.6. The van der Waals surface area contributed by atoms with Gasteiger partial charge in [0.1, 0.15) is 5.75 Å². The summed E-state index contributed by atoms with van der Waals surface area (Å²) in [6.07, 6.45) is 1.77. The van der Waals surface area contributed by atoms with Crippen LogP contribution in [0.15, 0.2) is 24.3 Å². The summed E-state index contributed by atoms with van der Waals surface area (Å²) >= 11 is 0. The third-order valence-electron chi connectivity index (χ3n) is 2.63. The van der Waals surface area contributed by atoms with Crippen LogP contribution in [0.1, 0.15) is 25.3 Å². The van der Waals surface area contributed by atoms with Gasteiger partial charge in [0.25, 0.3) is 5.91 Å². The van der Waals surface area contributed by atoms with Crippen molar-refractivity contribution in [2.75, 3.05) is 0 Å². The summed E-state index contributed by atoms with van der Waals surface area (Å²) in [7, 11) is 0. The first-order valence-electron chi connectivity index (χ1n) is 5.69. The summed E-state index contributed by atoms with van der Waals surface area (Å²) in [5.74, 6) is 0.715. The van der Waals surface area contributed by atoms with Gasteiger partial charge in [-0.2, -0.15) is 0 Å². The van der Waals surface area contributed by atoms with Crippen LogP contribution in [0.4, 0.5) is 0 Å². The highest BCUT2D eigenvalue weighted by atomic mass is 16.5. The molecular formula is C13H17NO2. The van der Waals surface area contributed by atoms with E-state index < -0.39 is 6.10 Å². The fourth-order valence-corrected chi connectivity index (χ4v) is 1.42. The Morgan fingerprint density at radius 1 is 1.38 bits per heavy atom. The third kappa shape index (κ3) is 2.99. The van der Waals surface area contributed by atoms with Gasteiger partial charge in [-0.3, -0.25) is 4.79 Å². The van der Waals surface area contributed by atoms with E-state index in [2.05, 4.69) is 5.32 Å². The van der Waals surface area contributed by atoms with E-state index in [1.54, 1.807) is 6.92 Å². The molecule has 1 atom stereocenters. The molecule has 1 fully saturated rings. The summed E-state index contributed by atoms with van der Waals surface area (Å²) in [4.78, 5) is 11.6. The van der Waals surface area contributed by atoms with Gasteiger partial charge in [-0.05, 0) is 38.8 Å². The van der Waals surface area contributed by atoms with E-state index in [9.17, 15) is 4.79 Å². The van der Waals surface area contributed by atoms with E-state index in [0.29, 0.717) is 6.04 Å². The highest BCUT2D eigenvalue weighted by molar-refractivity contribution is 5.81. The van der Waals surface area contributed by atoms with Crippen molar-refractivity contribution in [1.29, 1.82) is 0 Å². The van der Waals surface area contributed by atoms with Crippen LogP contribution in [-0.4, -0.2) is 18.1 Å². The minimum absolute atomic E-state index is 0.0249. The molecule has 0 aromatic heterocycles. The fourth-order valence-electron chi connectivity index (χ4n) is 1.42. The van der Waals surface area contributed by atoms with Crippen molar-refractivity contribution in [1.82, 2.24) is 5.32 Å². The van der Waals surface area contributed by atoms with Gasteiger partial charge in [0.15, 0.2) is 6.10 Å². The van der Waals surface area contributed by atoms with Crippen LogP contribution in [0.25, 0.3) is 0 Å². The Labute approximate surface area is 95.8 Å². The van der Waals surface area contributed by atoms with E-state index >= 15 is 0 Å². The number of hydrogen-bond donors (Lipinski definition) is 1. The molecule has 2 rings (SSSR count). The lowest BCUT2D eigenvalue weighted by Gasteiger charge is -2.14. The SMILES string of the molecule is Cc1ccc(O[C@@H](C)C(=O)NC2CC2)cc1. The van der Waals surface area contributed by atoms with Crippen molar-refractivity contribution in [3.8, 4) is 5.75 Å². The van der Waals surface area contributed by atoms with Gasteiger partial charge in [0, 0.05) is 6.04 Å². The molecule has 1 aromatic carbocycles. The molecule has 0 unspecified atom stereocenters. The van der Waals surface area contributed by atoms with Crippen LogP contribution in [0.3, 0.4) is 0 Å². The normalized spacial score (nSPS) is 16.6. The first-order chi connectivity index (χ1) is 7.65. The second kappa shape index (κ2) is 4.56. The van der Waals surface area contributed by atoms with Crippen molar-refractivity contribution in [3.05, 3.63) is 29.8 Å². The van der Waals surface area contributed by atoms with Crippen LogP contribution in [0, 0.1) is 6.92 Å². The number of rotatable bonds is 4. The molecule has 3 heteroatoms. The monoisotopic (exact) mass is 219 g/mol. The molecule has 16 heavy (non-hydrogen) atoms. The molecule has 1 saturated carbocycles. The number of benzene rings is 1. The quantitative estimate of drug-likeness (QED) is 0.841. The lowest BCUT2D eigenvalue weighted by molar-refractivity contribution is -0.127. The lowest BCUT2D eigenvalue weighted by atomic mass is 10.2. The average Bonchev–Trinajstić information content (AvgIpc) is 3.05. The van der Waals surface area contributed by atoms with Crippen molar-refractivity contribution in [2.45, 2.75) is 38.8 Å². The van der Waals surface area contributed by atoms with Gasteiger partial charge in [-0.1, -0.05) is 17.7 Å². The number of hydrogen-bond acceptors (Lipinski definition) is 2. The number of amides is 1. The van der Waals surface area contributed by atoms with Crippen molar-refractivity contribution < 1.29 is 9.53 Å². The number of nitrogens with one attached hydrogen (secondary N) is 1. The molecule has 0 aliphatic heterocycles. The van der Waals surface area contributed by atoms with Gasteiger partial charge in [-0.25, -0.2) is 0 Å². The zero-order valence-electron chi connectivity index (χ0n) is 9.69. The van der Waals surface area contributed by atoms with Crippen LogP contribution in [0.5, 0.6) is 5.75 Å². The largest absolute Gasteiger partial charge is 0.481 e. The number of carbonyl (C=O) groups excluding carboxylic acids is 1. The molecule has 1 amide bonds. The second-order valence-electron chi connectivity index (χ2n) is 4.36. The fraction of sp³-hybridized carbons (Fsp3) is 0.462. The number of ether oxygens (including phenoxy) is 1. The molecule has 1 aliphatic carbocycles. The molecule has 1 aliphatic rings. The van der Waals surface area contributed by atoms with Crippen LogP contribution in [-0.2, 0) is 4.79 Å². The molecule has 0 bridgehead atoms. The zero-order valence-corrected chi connectivity index (χ0v) is 9.69. The highest BCUT2D eigenvalue weighted by Crippen LogP contribution is 2.19. The Kier molecular flexibility index (Phi) is 3.13. The smallest absolute Gasteiger partial charge is 0.260 e. The Bertz CT molecular complexity index is 368. The van der Waals surface area contributed by atoms with E-state index in [1.807, 2.05) is 31.2 Å². The van der Waals surface area contributed by atoms with Crippen molar-refractivity contribution in [2.24, 2.45) is 0 Å². The third-order valence-corrected chi connectivity index (χ3v) is 2.63. The minimum Gasteiger partial charge on any atom is -0.481 e. The number of carbonyl (C=O) groups is 1. The standard InChI is InChI=1S/C13H17NO2/c1-9-3-7-12(8-4-9)16-10(2)13(15)14-11-5-6-11/h3-4,7-8,10-11H,5-6H2,1-2H3,(H,14,15)/t10-/m0/s1. The number of aryl methyl sites for hydroxylation is 1. The maximum Gasteiger partial charge on any atom is 0.260 e. The summed E-state index contributed by atoms with van der Waals surface area (Å²) in [5, 5.41) is 2.92. The molecule has 0 saturated heterocycles. The van der Waals surface area contributed by atoms with Gasteiger partial charge < -0.3 is 10.1 Å². The van der Waals surface area contributed by atoms with Gasteiger partial charge in [0.05, 0.1) is 0 Å². The topological polar surface area (TPSA) is 38.3 Å². The second-order valence-corrected chi connectivity index (χ2v) is 4.36. The van der Waals surface area contributed by atoms with Crippen molar-refractivity contribution >= 4 is 5.91 Å². The summed E-state index contributed by atoms with van der Waals surface area (Å²) < 4.78 is 5.55. The summed E-state index contributed by atoms with van der Waals surface area (Å²) in [5.41, 5.74) is 1.18. The first-order valence-corrected chi connectivity index (χ1v) is 5.69. The summed E-state index contributed by atoms with van der Waals surface area (Å²) in [6.45, 7) is 3.80. The molecule has 0 heterocycles. The Morgan fingerprint density at radius 3 is 2.56 bits per heavy atom. The Hall–Kier alpha value is -1.51. The molecule has 1 N–H and O–H groups in total. The van der Waals surface area contributed by atoms with Crippen LogP contribution in [0.2, 0.25) is 0 Å².